The molecule has 29 heavy (non-hydrogen) atoms. The lowest BCUT2D eigenvalue weighted by Crippen LogP contribution is -2.24. The van der Waals surface area contributed by atoms with Crippen molar-refractivity contribution in [2.24, 2.45) is 0 Å². The van der Waals surface area contributed by atoms with Gasteiger partial charge in [0.2, 0.25) is 5.91 Å². The van der Waals surface area contributed by atoms with Gasteiger partial charge in [-0.2, -0.15) is 5.10 Å². The summed E-state index contributed by atoms with van der Waals surface area (Å²) in [6.45, 7) is 2.51. The van der Waals surface area contributed by atoms with Crippen molar-refractivity contribution in [2.45, 2.75) is 18.5 Å². The molecule has 0 fully saturated rings. The molecule has 0 bridgehead atoms. The second-order valence-corrected chi connectivity index (χ2v) is 7.40. The first kappa shape index (κ1) is 19.1. The van der Waals surface area contributed by atoms with E-state index >= 15 is 0 Å². The molecule has 0 radical (unpaired) electrons. The van der Waals surface area contributed by atoms with E-state index in [1.807, 2.05) is 31.2 Å². The standard InChI is InChI=1S/C21H18FN5OS/c1-14-4-2-3-5-15(14)10-23-19(28)12-29-21-18-11-26-27(20(18)24-13-25-21)17-8-6-16(22)7-9-17/h2-9,11,13H,10,12H2,1H3,(H,23,28). The molecule has 0 unspecified atom stereocenters. The summed E-state index contributed by atoms with van der Waals surface area (Å²) < 4.78 is 14.8. The molecule has 0 atom stereocenters. The third-order valence-electron chi connectivity index (χ3n) is 4.48. The van der Waals surface area contributed by atoms with Gasteiger partial charge < -0.3 is 5.32 Å². The molecular weight excluding hydrogens is 389 g/mol. The fraction of sp³-hybridized carbons (Fsp3) is 0.143. The van der Waals surface area contributed by atoms with Crippen LogP contribution in [0.25, 0.3) is 16.7 Å². The van der Waals surface area contributed by atoms with Gasteiger partial charge in [-0.15, -0.1) is 0 Å². The number of nitrogens with zero attached hydrogens (tertiary/aromatic N) is 4. The number of aromatic nitrogens is 4. The maximum absolute atomic E-state index is 13.2. The van der Waals surface area contributed by atoms with Gasteiger partial charge in [-0.05, 0) is 42.3 Å². The third-order valence-corrected chi connectivity index (χ3v) is 5.48. The number of carbonyl (C=O) groups is 1. The maximum atomic E-state index is 13.2. The zero-order valence-electron chi connectivity index (χ0n) is 15.7. The molecule has 1 N–H and O–H groups in total. The summed E-state index contributed by atoms with van der Waals surface area (Å²) in [6, 6.07) is 14.0. The fourth-order valence-electron chi connectivity index (χ4n) is 2.90. The first-order chi connectivity index (χ1) is 14.1. The summed E-state index contributed by atoms with van der Waals surface area (Å²) in [5.41, 5.74) is 3.54. The summed E-state index contributed by atoms with van der Waals surface area (Å²) >= 11 is 1.33. The van der Waals surface area contributed by atoms with Crippen LogP contribution in [0.4, 0.5) is 4.39 Å². The van der Waals surface area contributed by atoms with E-state index in [2.05, 4.69) is 20.4 Å². The van der Waals surface area contributed by atoms with E-state index in [4.69, 9.17) is 0 Å². The van der Waals surface area contributed by atoms with Crippen molar-refractivity contribution >= 4 is 28.7 Å². The van der Waals surface area contributed by atoms with Crippen LogP contribution in [0.2, 0.25) is 0 Å². The van der Waals surface area contributed by atoms with Crippen LogP contribution in [0.15, 0.2) is 66.1 Å². The van der Waals surface area contributed by atoms with Crippen LogP contribution in [0.3, 0.4) is 0 Å². The summed E-state index contributed by atoms with van der Waals surface area (Å²) in [4.78, 5) is 20.9. The lowest BCUT2D eigenvalue weighted by atomic mass is 10.1. The Balaban J connectivity index is 1.45. The fourth-order valence-corrected chi connectivity index (χ4v) is 3.69. The minimum atomic E-state index is -0.312. The highest BCUT2D eigenvalue weighted by molar-refractivity contribution is 8.00. The van der Waals surface area contributed by atoms with E-state index < -0.39 is 0 Å². The number of thioether (sulfide) groups is 1. The molecule has 6 nitrogen and oxygen atoms in total. The molecule has 1 amide bonds. The van der Waals surface area contributed by atoms with Gasteiger partial charge in [0.25, 0.3) is 0 Å². The molecule has 2 heterocycles. The number of amides is 1. The van der Waals surface area contributed by atoms with E-state index in [1.54, 1.807) is 23.0 Å². The van der Waals surface area contributed by atoms with E-state index in [9.17, 15) is 9.18 Å². The number of fused-ring (bicyclic) bond motifs is 1. The van der Waals surface area contributed by atoms with Crippen LogP contribution in [0.5, 0.6) is 0 Å². The monoisotopic (exact) mass is 407 g/mol. The summed E-state index contributed by atoms with van der Waals surface area (Å²) in [7, 11) is 0. The number of carbonyl (C=O) groups excluding carboxylic acids is 1. The zero-order valence-corrected chi connectivity index (χ0v) is 16.5. The minimum Gasteiger partial charge on any atom is -0.351 e. The Morgan fingerprint density at radius 2 is 1.93 bits per heavy atom. The number of hydrogen-bond donors (Lipinski definition) is 1. The van der Waals surface area contributed by atoms with Gasteiger partial charge in [-0.25, -0.2) is 19.0 Å². The van der Waals surface area contributed by atoms with E-state index in [0.717, 1.165) is 16.5 Å². The normalized spacial score (nSPS) is 11.0. The van der Waals surface area contributed by atoms with Gasteiger partial charge in [0.1, 0.15) is 17.2 Å². The Kier molecular flexibility index (Phi) is 5.53. The van der Waals surface area contributed by atoms with Crippen LogP contribution in [0.1, 0.15) is 11.1 Å². The van der Waals surface area contributed by atoms with Gasteiger partial charge in [0.15, 0.2) is 5.65 Å². The number of rotatable bonds is 6. The number of benzene rings is 2. The third kappa shape index (κ3) is 4.27. The molecule has 4 aromatic rings. The average molecular weight is 407 g/mol. The van der Waals surface area contributed by atoms with Crippen LogP contribution < -0.4 is 5.32 Å². The minimum absolute atomic E-state index is 0.0732. The summed E-state index contributed by atoms with van der Waals surface area (Å²) in [6.07, 6.45) is 3.10. The largest absolute Gasteiger partial charge is 0.351 e. The van der Waals surface area contributed by atoms with E-state index in [0.29, 0.717) is 22.9 Å². The highest BCUT2D eigenvalue weighted by atomic mass is 32.2. The molecule has 0 aliphatic rings. The topological polar surface area (TPSA) is 72.7 Å². The first-order valence-electron chi connectivity index (χ1n) is 9.00. The smallest absolute Gasteiger partial charge is 0.230 e. The molecule has 0 saturated carbocycles. The molecule has 8 heteroatoms. The van der Waals surface area contributed by atoms with Crippen molar-refractivity contribution < 1.29 is 9.18 Å². The SMILES string of the molecule is Cc1ccccc1CNC(=O)CSc1ncnc2c1cnn2-c1ccc(F)cc1. The molecule has 146 valence electrons. The summed E-state index contributed by atoms with van der Waals surface area (Å²) in [5.74, 6) is -0.150. The lowest BCUT2D eigenvalue weighted by molar-refractivity contribution is -0.118. The number of nitrogens with one attached hydrogen (secondary N) is 1. The molecule has 0 spiro atoms. The van der Waals surface area contributed by atoms with Crippen molar-refractivity contribution in [3.63, 3.8) is 0 Å². The Morgan fingerprint density at radius 1 is 1.14 bits per heavy atom. The van der Waals surface area contributed by atoms with Crippen molar-refractivity contribution in [3.05, 3.63) is 78.0 Å². The van der Waals surface area contributed by atoms with Gasteiger partial charge >= 0.3 is 0 Å². The highest BCUT2D eigenvalue weighted by Gasteiger charge is 2.13. The van der Waals surface area contributed by atoms with Crippen LogP contribution in [0, 0.1) is 12.7 Å². The van der Waals surface area contributed by atoms with Crippen molar-refractivity contribution in [1.29, 1.82) is 0 Å². The van der Waals surface area contributed by atoms with Crippen molar-refractivity contribution in [3.8, 4) is 5.69 Å². The van der Waals surface area contributed by atoms with Crippen molar-refractivity contribution in [2.75, 3.05) is 5.75 Å². The predicted octanol–water partition coefficient (Wildman–Crippen LogP) is 3.67. The molecule has 0 saturated heterocycles. The molecule has 4 rings (SSSR count). The van der Waals surface area contributed by atoms with Gasteiger partial charge in [-0.1, -0.05) is 36.0 Å². The highest BCUT2D eigenvalue weighted by Crippen LogP contribution is 2.25. The van der Waals surface area contributed by atoms with Crippen LogP contribution in [-0.4, -0.2) is 31.4 Å². The lowest BCUT2D eigenvalue weighted by Gasteiger charge is -2.08. The van der Waals surface area contributed by atoms with Gasteiger partial charge in [0.05, 0.1) is 23.0 Å². The molecule has 0 aliphatic carbocycles. The molecule has 0 aliphatic heterocycles. The van der Waals surface area contributed by atoms with Crippen LogP contribution in [-0.2, 0) is 11.3 Å². The number of aryl methyl sites for hydroxylation is 1. The summed E-state index contributed by atoms with van der Waals surface area (Å²) in [5, 5.41) is 8.70. The van der Waals surface area contributed by atoms with Gasteiger partial charge in [0, 0.05) is 6.54 Å². The first-order valence-corrected chi connectivity index (χ1v) is 9.99. The van der Waals surface area contributed by atoms with Crippen molar-refractivity contribution in [1.82, 2.24) is 25.1 Å². The van der Waals surface area contributed by atoms with Crippen LogP contribution >= 0.6 is 11.8 Å². The quantitative estimate of drug-likeness (QED) is 0.390. The van der Waals surface area contributed by atoms with E-state index in [1.165, 1.54) is 30.2 Å². The Hall–Kier alpha value is -3.26. The average Bonchev–Trinajstić information content (AvgIpc) is 3.17. The van der Waals surface area contributed by atoms with Gasteiger partial charge in [-0.3, -0.25) is 4.79 Å². The second kappa shape index (κ2) is 8.40. The maximum Gasteiger partial charge on any atom is 0.230 e. The molecule has 2 aromatic heterocycles. The molecule has 2 aromatic carbocycles. The predicted molar refractivity (Wildman–Crippen MR) is 110 cm³/mol. The zero-order chi connectivity index (χ0) is 20.2. The number of hydrogen-bond acceptors (Lipinski definition) is 5. The molecular formula is C21H18FN5OS. The Morgan fingerprint density at radius 3 is 2.72 bits per heavy atom. The Bertz CT molecular complexity index is 1160. The number of halogens is 1. The Labute approximate surface area is 171 Å². The van der Waals surface area contributed by atoms with E-state index in [-0.39, 0.29) is 17.5 Å². The second-order valence-electron chi connectivity index (χ2n) is 6.44.